The number of rotatable bonds is 3. The second-order valence-electron chi connectivity index (χ2n) is 4.71. The zero-order valence-corrected chi connectivity index (χ0v) is 11.0. The fourth-order valence-corrected chi connectivity index (χ4v) is 2.74. The van der Waals surface area contributed by atoms with Gasteiger partial charge in [0, 0.05) is 10.8 Å². The fraction of sp³-hybridized carbons (Fsp3) is 0.636. The molecule has 1 N–H and O–H groups in total. The van der Waals surface area contributed by atoms with Gasteiger partial charge in [0.05, 0.1) is 11.1 Å². The highest BCUT2D eigenvalue weighted by atomic mass is 35.5. The maximum Gasteiger partial charge on any atom is 0.233 e. The number of alkyl halides is 1. The van der Waals surface area contributed by atoms with Gasteiger partial charge in [-0.1, -0.05) is 0 Å². The standard InChI is InChI=1S/C11H15ClN2OS/c1-11(2,6-12)9(15)14-10-13-7-4-3-5-8(7)16-10/h3-6H2,1-2H3,(H,13,14,15). The number of amides is 1. The lowest BCUT2D eigenvalue weighted by Crippen LogP contribution is -2.32. The van der Waals surface area contributed by atoms with Crippen molar-refractivity contribution in [2.75, 3.05) is 11.2 Å². The molecule has 5 heteroatoms. The van der Waals surface area contributed by atoms with E-state index >= 15 is 0 Å². The van der Waals surface area contributed by atoms with Crippen molar-refractivity contribution in [1.29, 1.82) is 0 Å². The van der Waals surface area contributed by atoms with Crippen LogP contribution in [0.2, 0.25) is 0 Å². The number of nitrogens with one attached hydrogen (secondary N) is 1. The van der Waals surface area contributed by atoms with Crippen LogP contribution in [0.3, 0.4) is 0 Å². The number of hydrogen-bond acceptors (Lipinski definition) is 3. The average Bonchev–Trinajstić information content (AvgIpc) is 2.77. The number of aryl methyl sites for hydroxylation is 2. The SMILES string of the molecule is CC(C)(CCl)C(=O)Nc1nc2c(s1)CCC2. The highest BCUT2D eigenvalue weighted by Gasteiger charge is 2.28. The molecule has 3 nitrogen and oxygen atoms in total. The first-order valence-electron chi connectivity index (χ1n) is 5.39. The van der Waals surface area contributed by atoms with E-state index in [-0.39, 0.29) is 5.91 Å². The van der Waals surface area contributed by atoms with Crippen molar-refractivity contribution in [2.24, 2.45) is 5.41 Å². The van der Waals surface area contributed by atoms with Crippen LogP contribution in [0.4, 0.5) is 5.13 Å². The highest BCUT2D eigenvalue weighted by molar-refractivity contribution is 7.15. The third-order valence-electron chi connectivity index (χ3n) is 2.76. The van der Waals surface area contributed by atoms with E-state index in [2.05, 4.69) is 10.3 Å². The Hall–Kier alpha value is -0.610. The summed E-state index contributed by atoms with van der Waals surface area (Å²) in [5.74, 6) is 0.249. The number of aromatic nitrogens is 1. The monoisotopic (exact) mass is 258 g/mol. The molecule has 0 unspecified atom stereocenters. The van der Waals surface area contributed by atoms with Crippen LogP contribution in [-0.2, 0) is 17.6 Å². The smallest absolute Gasteiger partial charge is 0.233 e. The van der Waals surface area contributed by atoms with Gasteiger partial charge in [-0.2, -0.15) is 0 Å². The Bertz CT molecular complexity index is 393. The van der Waals surface area contributed by atoms with Crippen molar-refractivity contribution in [3.05, 3.63) is 10.6 Å². The summed E-state index contributed by atoms with van der Waals surface area (Å²) in [5.41, 5.74) is 0.612. The molecule has 1 heterocycles. The molecule has 1 aromatic heterocycles. The zero-order chi connectivity index (χ0) is 11.8. The molecule has 1 amide bonds. The highest BCUT2D eigenvalue weighted by Crippen LogP contribution is 2.31. The second kappa shape index (κ2) is 4.34. The van der Waals surface area contributed by atoms with Crippen LogP contribution in [-0.4, -0.2) is 16.8 Å². The normalized spacial score (nSPS) is 14.9. The van der Waals surface area contributed by atoms with E-state index < -0.39 is 5.41 Å². The average molecular weight is 259 g/mol. The van der Waals surface area contributed by atoms with Gasteiger partial charge >= 0.3 is 0 Å². The quantitative estimate of drug-likeness (QED) is 0.847. The van der Waals surface area contributed by atoms with E-state index in [0.29, 0.717) is 11.0 Å². The minimum atomic E-state index is -0.544. The molecule has 1 aliphatic rings. The number of anilines is 1. The number of thiazole rings is 1. The molecule has 0 fully saturated rings. The lowest BCUT2D eigenvalue weighted by Gasteiger charge is -2.19. The van der Waals surface area contributed by atoms with Crippen LogP contribution in [0.25, 0.3) is 0 Å². The van der Waals surface area contributed by atoms with Crippen molar-refractivity contribution >= 4 is 34.0 Å². The van der Waals surface area contributed by atoms with E-state index in [1.165, 1.54) is 11.3 Å². The molecule has 0 atom stereocenters. The Morgan fingerprint density at radius 1 is 1.56 bits per heavy atom. The number of carbonyl (C=O) groups is 1. The molecular formula is C11H15ClN2OS. The van der Waals surface area contributed by atoms with Gasteiger partial charge in [0.15, 0.2) is 5.13 Å². The number of hydrogen-bond donors (Lipinski definition) is 1. The summed E-state index contributed by atoms with van der Waals surface area (Å²) in [7, 11) is 0. The van der Waals surface area contributed by atoms with Gasteiger partial charge in [-0.15, -0.1) is 22.9 Å². The maximum absolute atomic E-state index is 11.9. The van der Waals surface area contributed by atoms with Gasteiger partial charge in [0.25, 0.3) is 0 Å². The van der Waals surface area contributed by atoms with Crippen molar-refractivity contribution in [3.8, 4) is 0 Å². The molecule has 0 saturated heterocycles. The number of carbonyl (C=O) groups excluding carboxylic acids is 1. The zero-order valence-electron chi connectivity index (χ0n) is 9.47. The first-order valence-corrected chi connectivity index (χ1v) is 6.74. The van der Waals surface area contributed by atoms with Gasteiger partial charge in [-0.05, 0) is 33.1 Å². The number of halogens is 1. The summed E-state index contributed by atoms with van der Waals surface area (Å²) in [5, 5.41) is 3.56. The van der Waals surface area contributed by atoms with Gasteiger partial charge in [0.2, 0.25) is 5.91 Å². The van der Waals surface area contributed by atoms with E-state index in [0.717, 1.165) is 18.5 Å². The van der Waals surface area contributed by atoms with Crippen molar-refractivity contribution < 1.29 is 4.79 Å². The summed E-state index contributed by atoms with van der Waals surface area (Å²) in [6, 6.07) is 0. The Morgan fingerprint density at radius 2 is 2.31 bits per heavy atom. The topological polar surface area (TPSA) is 42.0 Å². The maximum atomic E-state index is 11.9. The van der Waals surface area contributed by atoms with Crippen LogP contribution in [0.15, 0.2) is 0 Å². The van der Waals surface area contributed by atoms with Crippen molar-refractivity contribution in [2.45, 2.75) is 33.1 Å². The number of fused-ring (bicyclic) bond motifs is 1. The van der Waals surface area contributed by atoms with E-state index in [1.807, 2.05) is 13.8 Å². The summed E-state index contributed by atoms with van der Waals surface area (Å²) in [6.07, 6.45) is 3.33. The molecule has 0 radical (unpaired) electrons. The van der Waals surface area contributed by atoms with Crippen LogP contribution < -0.4 is 5.32 Å². The molecule has 0 spiro atoms. The van der Waals surface area contributed by atoms with Crippen molar-refractivity contribution in [1.82, 2.24) is 4.98 Å². The van der Waals surface area contributed by atoms with Gasteiger partial charge in [0.1, 0.15) is 0 Å². The molecule has 0 aromatic carbocycles. The minimum Gasteiger partial charge on any atom is -0.301 e. The minimum absolute atomic E-state index is 0.0603. The molecule has 1 aromatic rings. The van der Waals surface area contributed by atoms with E-state index in [4.69, 9.17) is 11.6 Å². The summed E-state index contributed by atoms with van der Waals surface area (Å²) in [6.45, 7) is 3.66. The molecule has 0 bridgehead atoms. The summed E-state index contributed by atoms with van der Waals surface area (Å²) < 4.78 is 0. The van der Waals surface area contributed by atoms with Gasteiger partial charge in [-0.25, -0.2) is 4.98 Å². The summed E-state index contributed by atoms with van der Waals surface area (Å²) in [4.78, 5) is 17.6. The van der Waals surface area contributed by atoms with Gasteiger partial charge < -0.3 is 5.32 Å². The van der Waals surface area contributed by atoms with Crippen LogP contribution in [0.5, 0.6) is 0 Å². The van der Waals surface area contributed by atoms with Crippen LogP contribution in [0, 0.1) is 5.41 Å². The predicted octanol–water partition coefficient (Wildman–Crippen LogP) is 2.84. The third-order valence-corrected chi connectivity index (χ3v) is 4.51. The molecule has 0 aliphatic heterocycles. The Morgan fingerprint density at radius 3 is 2.94 bits per heavy atom. The summed E-state index contributed by atoms with van der Waals surface area (Å²) >= 11 is 7.34. The molecule has 1 aliphatic carbocycles. The largest absolute Gasteiger partial charge is 0.301 e. The Labute approximate surface area is 104 Å². The Kier molecular flexibility index (Phi) is 3.22. The van der Waals surface area contributed by atoms with Gasteiger partial charge in [-0.3, -0.25) is 4.79 Å². The molecular weight excluding hydrogens is 244 g/mol. The van der Waals surface area contributed by atoms with Crippen LogP contribution >= 0.6 is 22.9 Å². The second-order valence-corrected chi connectivity index (χ2v) is 6.06. The van der Waals surface area contributed by atoms with Crippen molar-refractivity contribution in [3.63, 3.8) is 0 Å². The lowest BCUT2D eigenvalue weighted by molar-refractivity contribution is -0.122. The first kappa shape index (κ1) is 11.9. The third kappa shape index (κ3) is 2.23. The fourth-order valence-electron chi connectivity index (χ4n) is 1.57. The molecule has 16 heavy (non-hydrogen) atoms. The molecule has 2 rings (SSSR count). The predicted molar refractivity (Wildman–Crippen MR) is 67.3 cm³/mol. The van der Waals surface area contributed by atoms with E-state index in [1.54, 1.807) is 11.3 Å². The molecule has 88 valence electrons. The van der Waals surface area contributed by atoms with Crippen LogP contribution in [0.1, 0.15) is 30.8 Å². The molecule has 0 saturated carbocycles. The number of nitrogens with zero attached hydrogens (tertiary/aromatic N) is 1. The first-order chi connectivity index (χ1) is 7.53. The Balaban J connectivity index is 2.07. The van der Waals surface area contributed by atoms with E-state index in [9.17, 15) is 4.79 Å². The lowest BCUT2D eigenvalue weighted by atomic mass is 9.95.